The molecule has 4 rings (SSSR count). The summed E-state index contributed by atoms with van der Waals surface area (Å²) in [6, 6.07) is 12.5. The fourth-order valence-corrected chi connectivity index (χ4v) is 4.17. The van der Waals surface area contributed by atoms with Gasteiger partial charge in [0.1, 0.15) is 11.4 Å². The zero-order valence-electron chi connectivity index (χ0n) is 20.0. The van der Waals surface area contributed by atoms with Crippen LogP contribution in [0.2, 0.25) is 0 Å². The number of benzene rings is 3. The van der Waals surface area contributed by atoms with Gasteiger partial charge in [-0.3, -0.25) is 9.59 Å². The fraction of sp³-hybridized carbons (Fsp3) is 0.185. The van der Waals surface area contributed by atoms with E-state index < -0.39 is 52.5 Å². The second-order valence-electron chi connectivity index (χ2n) is 9.10. The average Bonchev–Trinajstić information content (AvgIpc) is 3.03. The van der Waals surface area contributed by atoms with Gasteiger partial charge in [-0.05, 0) is 49.7 Å². The molecule has 0 bridgehead atoms. The molecule has 3 aromatic rings. The van der Waals surface area contributed by atoms with Crippen molar-refractivity contribution >= 4 is 29.4 Å². The van der Waals surface area contributed by atoms with Crippen molar-refractivity contribution in [2.24, 2.45) is 0 Å². The van der Waals surface area contributed by atoms with Crippen LogP contribution in [0.5, 0.6) is 0 Å². The van der Waals surface area contributed by atoms with E-state index in [0.717, 1.165) is 11.0 Å². The van der Waals surface area contributed by atoms with Gasteiger partial charge in [0, 0.05) is 17.7 Å². The molecule has 3 aromatic carbocycles. The largest absolute Gasteiger partial charge is 0.478 e. The Hall–Kier alpha value is -4.54. The lowest BCUT2D eigenvalue weighted by molar-refractivity contribution is -0.140. The molecule has 0 saturated carbocycles. The van der Waals surface area contributed by atoms with E-state index in [1.54, 1.807) is 18.2 Å². The molecule has 7 nitrogen and oxygen atoms in total. The Morgan fingerprint density at radius 2 is 1.53 bits per heavy atom. The molecular weight excluding hydrogens is 508 g/mol. The molecule has 1 N–H and O–H groups in total. The van der Waals surface area contributed by atoms with Gasteiger partial charge < -0.3 is 10.0 Å². The van der Waals surface area contributed by atoms with E-state index in [4.69, 9.17) is 5.11 Å². The predicted octanol–water partition coefficient (Wildman–Crippen LogP) is 5.52. The van der Waals surface area contributed by atoms with Gasteiger partial charge in [0.05, 0.1) is 16.8 Å². The van der Waals surface area contributed by atoms with Crippen molar-refractivity contribution in [1.82, 2.24) is 4.90 Å². The normalized spacial score (nSPS) is 15.2. The van der Waals surface area contributed by atoms with Crippen molar-refractivity contribution in [2.75, 3.05) is 4.90 Å². The molecule has 1 aliphatic rings. The van der Waals surface area contributed by atoms with E-state index in [1.807, 2.05) is 0 Å². The molecule has 0 atom stereocenters. The standard InChI is InChI=1S/C27H20F4N2O5/c1-26(2)24(37)33(18-11-12-21(28)20(13-18)27(29,30)31)25(38)32(26)14-17-5-3-4-6-19(17)22(34)15-7-9-16(10-8-15)23(35)36/h3-13H,14H2,1-2H3,(H,35,36). The van der Waals surface area contributed by atoms with Crippen LogP contribution in [0.15, 0.2) is 66.7 Å². The molecule has 1 fully saturated rings. The third-order valence-corrected chi connectivity index (χ3v) is 6.32. The Labute approximate surface area is 213 Å². The van der Waals surface area contributed by atoms with Crippen molar-refractivity contribution < 1.29 is 41.8 Å². The first-order chi connectivity index (χ1) is 17.7. The molecule has 3 amide bonds. The number of aromatic carboxylic acids is 1. The predicted molar refractivity (Wildman–Crippen MR) is 127 cm³/mol. The van der Waals surface area contributed by atoms with Gasteiger partial charge in [-0.25, -0.2) is 18.9 Å². The van der Waals surface area contributed by atoms with Crippen molar-refractivity contribution in [3.63, 3.8) is 0 Å². The van der Waals surface area contributed by atoms with Crippen LogP contribution in [0.3, 0.4) is 0 Å². The third-order valence-electron chi connectivity index (χ3n) is 6.32. The number of carbonyl (C=O) groups is 4. The molecular formula is C27H20F4N2O5. The molecule has 0 spiro atoms. The van der Waals surface area contributed by atoms with Crippen molar-refractivity contribution in [3.8, 4) is 0 Å². The molecule has 1 saturated heterocycles. The number of anilines is 1. The highest BCUT2D eigenvalue weighted by Gasteiger charge is 2.52. The lowest BCUT2D eigenvalue weighted by Gasteiger charge is -2.28. The number of hydrogen-bond acceptors (Lipinski definition) is 4. The number of nitrogens with zero attached hydrogens (tertiary/aromatic N) is 2. The molecule has 1 heterocycles. The highest BCUT2D eigenvalue weighted by Crippen LogP contribution is 2.38. The Morgan fingerprint density at radius 1 is 0.921 bits per heavy atom. The summed E-state index contributed by atoms with van der Waals surface area (Å²) in [7, 11) is 0. The number of ketones is 1. The second-order valence-corrected chi connectivity index (χ2v) is 9.10. The van der Waals surface area contributed by atoms with Gasteiger partial charge in [0.25, 0.3) is 5.91 Å². The zero-order chi connectivity index (χ0) is 28.0. The van der Waals surface area contributed by atoms with Crippen LogP contribution in [0.4, 0.5) is 28.0 Å². The van der Waals surface area contributed by atoms with Crippen LogP contribution in [-0.4, -0.2) is 39.2 Å². The number of halogens is 4. The molecule has 11 heteroatoms. The summed E-state index contributed by atoms with van der Waals surface area (Å²) >= 11 is 0. The minimum Gasteiger partial charge on any atom is -0.478 e. The van der Waals surface area contributed by atoms with Crippen molar-refractivity contribution in [2.45, 2.75) is 32.1 Å². The summed E-state index contributed by atoms with van der Waals surface area (Å²) in [6.07, 6.45) is -5.04. The quantitative estimate of drug-likeness (QED) is 0.258. The first-order valence-electron chi connectivity index (χ1n) is 11.2. The monoisotopic (exact) mass is 528 g/mol. The lowest BCUT2D eigenvalue weighted by Crippen LogP contribution is -2.43. The summed E-state index contributed by atoms with van der Waals surface area (Å²) in [5, 5.41) is 9.07. The van der Waals surface area contributed by atoms with Crippen LogP contribution in [-0.2, 0) is 17.5 Å². The van der Waals surface area contributed by atoms with Crippen LogP contribution in [0.1, 0.15) is 51.3 Å². The number of urea groups is 1. The van der Waals surface area contributed by atoms with Crippen molar-refractivity contribution in [3.05, 3.63) is 100 Å². The minimum absolute atomic E-state index is 0.00711. The van der Waals surface area contributed by atoms with Crippen LogP contribution >= 0.6 is 0 Å². The van der Waals surface area contributed by atoms with E-state index >= 15 is 0 Å². The van der Waals surface area contributed by atoms with E-state index in [0.29, 0.717) is 22.6 Å². The number of imide groups is 1. The maximum Gasteiger partial charge on any atom is 0.419 e. The molecule has 0 unspecified atom stereocenters. The molecule has 38 heavy (non-hydrogen) atoms. The number of carboxylic acids is 1. The van der Waals surface area contributed by atoms with E-state index in [1.165, 1.54) is 44.2 Å². The van der Waals surface area contributed by atoms with E-state index in [9.17, 15) is 36.7 Å². The SMILES string of the molecule is CC1(C)C(=O)N(c2ccc(F)c(C(F)(F)F)c2)C(=O)N1Cc1ccccc1C(=O)c1ccc(C(=O)O)cc1. The molecule has 196 valence electrons. The van der Waals surface area contributed by atoms with Crippen LogP contribution < -0.4 is 4.90 Å². The summed E-state index contributed by atoms with van der Waals surface area (Å²) in [5.41, 5.74) is -2.84. The number of hydrogen-bond donors (Lipinski definition) is 1. The summed E-state index contributed by atoms with van der Waals surface area (Å²) in [6.45, 7) is 2.59. The highest BCUT2D eigenvalue weighted by molar-refractivity contribution is 6.23. The zero-order valence-corrected chi connectivity index (χ0v) is 20.0. The van der Waals surface area contributed by atoms with Gasteiger partial charge in [-0.2, -0.15) is 13.2 Å². The van der Waals surface area contributed by atoms with Crippen LogP contribution in [0, 0.1) is 5.82 Å². The molecule has 0 radical (unpaired) electrons. The number of amides is 3. The van der Waals surface area contributed by atoms with Crippen LogP contribution in [0.25, 0.3) is 0 Å². The number of carbonyl (C=O) groups excluding carboxylic acids is 3. The third kappa shape index (κ3) is 4.62. The maximum absolute atomic E-state index is 13.8. The Morgan fingerprint density at radius 3 is 2.13 bits per heavy atom. The molecule has 1 aliphatic heterocycles. The number of carboxylic acid groups (broad SMARTS) is 1. The topological polar surface area (TPSA) is 95.0 Å². The fourth-order valence-electron chi connectivity index (χ4n) is 4.17. The highest BCUT2D eigenvalue weighted by atomic mass is 19.4. The summed E-state index contributed by atoms with van der Waals surface area (Å²) in [4.78, 5) is 52.5. The van der Waals surface area contributed by atoms with Gasteiger partial charge >= 0.3 is 18.2 Å². The smallest absolute Gasteiger partial charge is 0.419 e. The lowest BCUT2D eigenvalue weighted by atomic mass is 9.96. The van der Waals surface area contributed by atoms with Crippen molar-refractivity contribution in [1.29, 1.82) is 0 Å². The maximum atomic E-state index is 13.8. The number of alkyl halides is 3. The summed E-state index contributed by atoms with van der Waals surface area (Å²) < 4.78 is 53.5. The van der Waals surface area contributed by atoms with Gasteiger partial charge in [0.15, 0.2) is 5.78 Å². The summed E-state index contributed by atoms with van der Waals surface area (Å²) in [5.74, 6) is -3.98. The first-order valence-corrected chi connectivity index (χ1v) is 11.2. The Balaban J connectivity index is 1.68. The average molecular weight is 528 g/mol. The van der Waals surface area contributed by atoms with Gasteiger partial charge in [-0.15, -0.1) is 0 Å². The Bertz CT molecular complexity index is 1470. The first kappa shape index (κ1) is 26.5. The molecule has 0 aromatic heterocycles. The van der Waals surface area contributed by atoms with Gasteiger partial charge in [0.2, 0.25) is 0 Å². The number of rotatable bonds is 6. The Kier molecular flexibility index (Phi) is 6.56. The van der Waals surface area contributed by atoms with E-state index in [-0.39, 0.29) is 23.2 Å². The molecule has 0 aliphatic carbocycles. The second kappa shape index (κ2) is 9.40. The van der Waals surface area contributed by atoms with Gasteiger partial charge in [-0.1, -0.05) is 36.4 Å². The minimum atomic E-state index is -5.04. The van der Waals surface area contributed by atoms with E-state index in [2.05, 4.69) is 0 Å².